The van der Waals surface area contributed by atoms with Gasteiger partial charge < -0.3 is 16.8 Å². The molecule has 0 spiro atoms. The molecule has 0 heterocycles. The topological polar surface area (TPSA) is 98.2 Å². The highest BCUT2D eigenvalue weighted by molar-refractivity contribution is 6.30. The molecule has 132 valence electrons. The van der Waals surface area contributed by atoms with Crippen LogP contribution < -0.4 is 16.8 Å². The summed E-state index contributed by atoms with van der Waals surface area (Å²) in [6.45, 7) is 2.08. The Hall–Kier alpha value is -1.59. The van der Waals surface area contributed by atoms with Gasteiger partial charge in [0.25, 0.3) is 0 Å². The maximum absolute atomic E-state index is 12.6. The van der Waals surface area contributed by atoms with Gasteiger partial charge in [-0.25, -0.2) is 0 Å². The number of amides is 2. The van der Waals surface area contributed by atoms with Crippen LogP contribution in [0.2, 0.25) is 5.02 Å². The lowest BCUT2D eigenvalue weighted by Crippen LogP contribution is -2.54. The van der Waals surface area contributed by atoms with Gasteiger partial charge >= 0.3 is 0 Å². The molecule has 1 aromatic carbocycles. The maximum atomic E-state index is 12.6. The molecule has 5 nitrogen and oxygen atoms in total. The summed E-state index contributed by atoms with van der Waals surface area (Å²) in [5, 5.41) is 3.30. The third kappa shape index (κ3) is 4.08. The number of hydrogen-bond acceptors (Lipinski definition) is 3. The number of rotatable bonds is 6. The lowest BCUT2D eigenvalue weighted by molar-refractivity contribution is -0.133. The average molecular weight is 352 g/mol. The van der Waals surface area contributed by atoms with Gasteiger partial charge in [0.05, 0.1) is 0 Å². The van der Waals surface area contributed by atoms with Crippen molar-refractivity contribution in [2.45, 2.75) is 51.0 Å². The zero-order chi connectivity index (χ0) is 17.8. The summed E-state index contributed by atoms with van der Waals surface area (Å²) >= 11 is 6.01. The van der Waals surface area contributed by atoms with Crippen LogP contribution in [-0.4, -0.2) is 18.4 Å². The van der Waals surface area contributed by atoms with E-state index in [1.165, 1.54) is 6.42 Å². The minimum atomic E-state index is -1.30. The first-order valence-corrected chi connectivity index (χ1v) is 8.76. The van der Waals surface area contributed by atoms with Crippen molar-refractivity contribution in [2.24, 2.45) is 16.9 Å². The molecule has 6 heteroatoms. The molecule has 5 N–H and O–H groups in total. The second kappa shape index (κ2) is 7.53. The first kappa shape index (κ1) is 18.7. The molecule has 1 aromatic rings. The molecule has 2 rings (SSSR count). The molecule has 1 aliphatic rings. The minimum Gasteiger partial charge on any atom is -0.367 e. The molecular formula is C18H26ClN3O2. The number of carbonyl (C=O) groups excluding carboxylic acids is 2. The largest absolute Gasteiger partial charge is 0.367 e. The van der Waals surface area contributed by atoms with Crippen LogP contribution in [0.3, 0.4) is 0 Å². The minimum absolute atomic E-state index is 0.171. The van der Waals surface area contributed by atoms with Crippen LogP contribution in [0.4, 0.5) is 0 Å². The number of benzene rings is 1. The number of nitrogens with one attached hydrogen (secondary N) is 1. The van der Waals surface area contributed by atoms with E-state index in [1.54, 1.807) is 31.2 Å². The first-order chi connectivity index (χ1) is 11.3. The smallest absolute Gasteiger partial charge is 0.247 e. The highest BCUT2D eigenvalue weighted by Crippen LogP contribution is 2.38. The summed E-state index contributed by atoms with van der Waals surface area (Å²) < 4.78 is 0. The quantitative estimate of drug-likeness (QED) is 0.734. The van der Waals surface area contributed by atoms with E-state index in [0.717, 1.165) is 25.7 Å². The molecule has 1 fully saturated rings. The van der Waals surface area contributed by atoms with Crippen molar-refractivity contribution in [1.82, 2.24) is 5.32 Å². The van der Waals surface area contributed by atoms with Crippen LogP contribution in [-0.2, 0) is 15.1 Å². The van der Waals surface area contributed by atoms with E-state index in [9.17, 15) is 9.59 Å². The molecule has 0 saturated heterocycles. The van der Waals surface area contributed by atoms with Crippen molar-refractivity contribution >= 4 is 23.4 Å². The Morgan fingerprint density at radius 3 is 2.50 bits per heavy atom. The van der Waals surface area contributed by atoms with E-state index in [1.807, 2.05) is 0 Å². The van der Waals surface area contributed by atoms with Gasteiger partial charge in [-0.15, -0.1) is 0 Å². The van der Waals surface area contributed by atoms with Gasteiger partial charge in [-0.3, -0.25) is 9.59 Å². The van der Waals surface area contributed by atoms with Crippen LogP contribution in [0.15, 0.2) is 24.3 Å². The number of nitrogens with two attached hydrogens (primary N) is 2. The highest BCUT2D eigenvalue weighted by atomic mass is 35.5. The molecule has 1 atom stereocenters. The SMILES string of the molecule is CC(NC(=O)CC1(CN)CCCCC1)(C(N)=O)c1cccc(Cl)c1. The molecule has 0 aromatic heterocycles. The van der Waals surface area contributed by atoms with Gasteiger partial charge in [0.2, 0.25) is 11.8 Å². The summed E-state index contributed by atoms with van der Waals surface area (Å²) in [4.78, 5) is 24.7. The third-order valence-corrected chi connectivity index (χ3v) is 5.40. The van der Waals surface area contributed by atoms with Crippen LogP contribution in [0.1, 0.15) is 51.0 Å². The molecule has 0 bridgehead atoms. The summed E-state index contributed by atoms with van der Waals surface area (Å²) in [5.74, 6) is -0.827. The lowest BCUT2D eigenvalue weighted by atomic mass is 9.71. The Labute approximate surface area is 148 Å². The number of hydrogen-bond donors (Lipinski definition) is 3. The molecule has 1 saturated carbocycles. The lowest BCUT2D eigenvalue weighted by Gasteiger charge is -2.37. The fourth-order valence-corrected chi connectivity index (χ4v) is 3.68. The standard InChI is InChI=1S/C18H26ClN3O2/c1-17(16(21)24,13-6-5-7-14(19)10-13)22-15(23)11-18(12-20)8-3-2-4-9-18/h5-7,10H,2-4,8-9,11-12,20H2,1H3,(H2,21,24)(H,22,23). The fraction of sp³-hybridized carbons (Fsp3) is 0.556. The molecule has 0 aliphatic heterocycles. The Kier molecular flexibility index (Phi) is 5.88. The predicted molar refractivity (Wildman–Crippen MR) is 95.3 cm³/mol. The van der Waals surface area contributed by atoms with Gasteiger partial charge in [-0.2, -0.15) is 0 Å². The third-order valence-electron chi connectivity index (χ3n) is 5.17. The van der Waals surface area contributed by atoms with E-state index in [4.69, 9.17) is 23.1 Å². The van der Waals surface area contributed by atoms with E-state index in [2.05, 4.69) is 5.32 Å². The Morgan fingerprint density at radius 2 is 1.96 bits per heavy atom. The first-order valence-electron chi connectivity index (χ1n) is 8.38. The van der Waals surface area contributed by atoms with E-state index < -0.39 is 11.4 Å². The predicted octanol–water partition coefficient (Wildman–Crippen LogP) is 2.46. The summed E-state index contributed by atoms with van der Waals surface area (Å²) in [6, 6.07) is 6.81. The van der Waals surface area contributed by atoms with Crippen molar-refractivity contribution in [1.29, 1.82) is 0 Å². The Balaban J connectivity index is 2.18. The van der Waals surface area contributed by atoms with Crippen LogP contribution in [0, 0.1) is 5.41 Å². The Morgan fingerprint density at radius 1 is 1.29 bits per heavy atom. The molecule has 1 aliphatic carbocycles. The zero-order valence-corrected chi connectivity index (χ0v) is 14.9. The van der Waals surface area contributed by atoms with E-state index in [0.29, 0.717) is 23.6 Å². The van der Waals surface area contributed by atoms with Crippen LogP contribution in [0.5, 0.6) is 0 Å². The van der Waals surface area contributed by atoms with Crippen molar-refractivity contribution in [3.05, 3.63) is 34.9 Å². The maximum Gasteiger partial charge on any atom is 0.247 e. The van der Waals surface area contributed by atoms with Crippen molar-refractivity contribution in [2.75, 3.05) is 6.54 Å². The molecule has 24 heavy (non-hydrogen) atoms. The number of carbonyl (C=O) groups is 2. The number of halogens is 1. The Bertz CT molecular complexity index is 614. The monoisotopic (exact) mass is 351 g/mol. The van der Waals surface area contributed by atoms with Gasteiger partial charge in [-0.1, -0.05) is 43.0 Å². The van der Waals surface area contributed by atoms with Gasteiger partial charge in [0, 0.05) is 11.4 Å². The van der Waals surface area contributed by atoms with Crippen molar-refractivity contribution < 1.29 is 9.59 Å². The summed E-state index contributed by atoms with van der Waals surface area (Å²) in [7, 11) is 0. The summed E-state index contributed by atoms with van der Waals surface area (Å²) in [6.07, 6.45) is 5.57. The second-order valence-corrected chi connectivity index (χ2v) is 7.43. The van der Waals surface area contributed by atoms with E-state index in [-0.39, 0.29) is 11.3 Å². The normalized spacial score (nSPS) is 19.3. The molecular weight excluding hydrogens is 326 g/mol. The van der Waals surface area contributed by atoms with Gasteiger partial charge in [0.15, 0.2) is 0 Å². The average Bonchev–Trinajstić information content (AvgIpc) is 2.55. The molecule has 0 radical (unpaired) electrons. The molecule has 1 unspecified atom stereocenters. The highest BCUT2D eigenvalue weighted by Gasteiger charge is 2.38. The van der Waals surface area contributed by atoms with Crippen molar-refractivity contribution in [3.63, 3.8) is 0 Å². The zero-order valence-electron chi connectivity index (χ0n) is 14.1. The number of primary amides is 1. The van der Waals surface area contributed by atoms with E-state index >= 15 is 0 Å². The van der Waals surface area contributed by atoms with Gasteiger partial charge in [-0.05, 0) is 49.4 Å². The van der Waals surface area contributed by atoms with Gasteiger partial charge in [0.1, 0.15) is 5.54 Å². The van der Waals surface area contributed by atoms with Crippen molar-refractivity contribution in [3.8, 4) is 0 Å². The summed E-state index contributed by atoms with van der Waals surface area (Å²) in [5.41, 5.74) is 10.6. The molecule has 2 amide bonds. The van der Waals surface area contributed by atoms with Crippen LogP contribution in [0.25, 0.3) is 0 Å². The fourth-order valence-electron chi connectivity index (χ4n) is 3.49. The van der Waals surface area contributed by atoms with Crippen LogP contribution >= 0.6 is 11.6 Å². The second-order valence-electron chi connectivity index (χ2n) is 6.99.